The predicted molar refractivity (Wildman–Crippen MR) is 83.3 cm³/mol. The Morgan fingerprint density at radius 1 is 1.05 bits per heavy atom. The van der Waals surface area contributed by atoms with Gasteiger partial charge in [0.2, 0.25) is 0 Å². The maximum absolute atomic E-state index is 9.60. The molecule has 0 heterocycles. The molecular weight excluding hydrogens is 242 g/mol. The summed E-state index contributed by atoms with van der Waals surface area (Å²) in [6.45, 7) is 6.12. The normalized spacial score (nSPS) is 13.2. The number of nitrogens with zero attached hydrogens (tertiary/aromatic N) is 1. The minimum atomic E-state index is -0.615. The molecule has 0 aliphatic rings. The Kier molecular flexibility index (Phi) is 4.38. The average Bonchev–Trinajstić information content (AvgIpc) is 2.53. The first-order chi connectivity index (χ1) is 9.66. The standard InChI is InChI=1S/C19H19N/c1-16(13-14-17-9-5-3-6-10-17)19(2,15-20)18-11-7-4-8-12-18/h3-12H,1,13-14H2,2H3. The zero-order chi connectivity index (χ0) is 14.4. The Balaban J connectivity index is 2.12. The number of hydrogen-bond donors (Lipinski definition) is 0. The van der Waals surface area contributed by atoms with Crippen molar-refractivity contribution in [1.82, 2.24) is 0 Å². The van der Waals surface area contributed by atoms with Crippen LogP contribution in [0.25, 0.3) is 0 Å². The van der Waals surface area contributed by atoms with E-state index < -0.39 is 5.41 Å². The SMILES string of the molecule is C=C(CCc1ccccc1)C(C)(C#N)c1ccccc1. The lowest BCUT2D eigenvalue weighted by Crippen LogP contribution is -2.22. The average molecular weight is 261 g/mol. The summed E-state index contributed by atoms with van der Waals surface area (Å²) in [6.07, 6.45) is 1.74. The van der Waals surface area contributed by atoms with E-state index in [1.54, 1.807) is 0 Å². The fourth-order valence-electron chi connectivity index (χ4n) is 2.31. The van der Waals surface area contributed by atoms with Crippen molar-refractivity contribution in [1.29, 1.82) is 5.26 Å². The molecule has 0 aliphatic carbocycles. The minimum Gasteiger partial charge on any atom is -0.197 e. The highest BCUT2D eigenvalue weighted by Gasteiger charge is 2.29. The Morgan fingerprint density at radius 3 is 2.15 bits per heavy atom. The van der Waals surface area contributed by atoms with Crippen LogP contribution in [0.5, 0.6) is 0 Å². The molecule has 1 heteroatoms. The largest absolute Gasteiger partial charge is 0.197 e. The molecule has 0 spiro atoms. The third-order valence-corrected chi connectivity index (χ3v) is 3.84. The summed E-state index contributed by atoms with van der Waals surface area (Å²) in [5.41, 5.74) is 2.65. The van der Waals surface area contributed by atoms with Crippen molar-refractivity contribution in [3.8, 4) is 6.07 Å². The quantitative estimate of drug-likeness (QED) is 0.718. The van der Waals surface area contributed by atoms with Crippen LogP contribution >= 0.6 is 0 Å². The maximum atomic E-state index is 9.60. The van der Waals surface area contributed by atoms with Gasteiger partial charge in [0.25, 0.3) is 0 Å². The van der Waals surface area contributed by atoms with Gasteiger partial charge in [-0.3, -0.25) is 0 Å². The van der Waals surface area contributed by atoms with Gasteiger partial charge in [-0.05, 0) is 30.9 Å². The molecule has 0 amide bonds. The third-order valence-electron chi connectivity index (χ3n) is 3.84. The van der Waals surface area contributed by atoms with E-state index in [4.69, 9.17) is 0 Å². The van der Waals surface area contributed by atoms with E-state index in [9.17, 15) is 5.26 Å². The second-order valence-corrected chi connectivity index (χ2v) is 5.19. The lowest BCUT2D eigenvalue weighted by Gasteiger charge is -2.25. The van der Waals surface area contributed by atoms with E-state index in [2.05, 4.69) is 24.8 Å². The third kappa shape index (κ3) is 2.97. The Bertz CT molecular complexity index is 607. The number of nitriles is 1. The molecule has 1 nitrogen and oxygen atoms in total. The van der Waals surface area contributed by atoms with Crippen LogP contribution < -0.4 is 0 Å². The van der Waals surface area contributed by atoms with Gasteiger partial charge in [-0.2, -0.15) is 5.26 Å². The molecule has 2 aromatic carbocycles. The molecule has 0 aromatic heterocycles. The number of benzene rings is 2. The van der Waals surface area contributed by atoms with E-state index in [1.807, 2.05) is 55.5 Å². The molecule has 0 fully saturated rings. The lowest BCUT2D eigenvalue weighted by molar-refractivity contribution is 0.675. The second-order valence-electron chi connectivity index (χ2n) is 5.19. The smallest absolute Gasteiger partial charge is 0.100 e. The molecule has 1 atom stereocenters. The molecule has 0 N–H and O–H groups in total. The van der Waals surface area contributed by atoms with Crippen molar-refractivity contribution in [3.05, 3.63) is 83.9 Å². The van der Waals surface area contributed by atoms with Crippen LogP contribution in [0.1, 0.15) is 24.5 Å². The molecule has 20 heavy (non-hydrogen) atoms. The molecule has 0 bridgehead atoms. The fourth-order valence-corrected chi connectivity index (χ4v) is 2.31. The van der Waals surface area contributed by atoms with Crippen molar-refractivity contribution in [2.45, 2.75) is 25.2 Å². The van der Waals surface area contributed by atoms with Crippen LogP contribution in [0.4, 0.5) is 0 Å². The number of allylic oxidation sites excluding steroid dienone is 1. The summed E-state index contributed by atoms with van der Waals surface area (Å²) >= 11 is 0. The summed E-state index contributed by atoms with van der Waals surface area (Å²) in [6, 6.07) is 22.6. The highest BCUT2D eigenvalue weighted by molar-refractivity contribution is 5.41. The van der Waals surface area contributed by atoms with Gasteiger partial charge < -0.3 is 0 Å². The van der Waals surface area contributed by atoms with Gasteiger partial charge in [-0.15, -0.1) is 0 Å². The molecule has 0 aliphatic heterocycles. The Morgan fingerprint density at radius 2 is 1.60 bits per heavy atom. The maximum Gasteiger partial charge on any atom is 0.100 e. The van der Waals surface area contributed by atoms with Gasteiger partial charge in [0.05, 0.1) is 6.07 Å². The van der Waals surface area contributed by atoms with Crippen LogP contribution in [0, 0.1) is 11.3 Å². The Hall–Kier alpha value is -2.33. The molecule has 0 saturated heterocycles. The van der Waals surface area contributed by atoms with Crippen molar-refractivity contribution >= 4 is 0 Å². The number of aryl methyl sites for hydroxylation is 1. The number of hydrogen-bond acceptors (Lipinski definition) is 1. The van der Waals surface area contributed by atoms with Crippen LogP contribution in [0.3, 0.4) is 0 Å². The first kappa shape index (κ1) is 14.1. The molecular formula is C19H19N. The summed E-state index contributed by atoms with van der Waals surface area (Å²) in [5, 5.41) is 9.60. The van der Waals surface area contributed by atoms with Crippen molar-refractivity contribution in [2.24, 2.45) is 0 Å². The first-order valence-electron chi connectivity index (χ1n) is 6.86. The van der Waals surface area contributed by atoms with E-state index in [-0.39, 0.29) is 0 Å². The van der Waals surface area contributed by atoms with Gasteiger partial charge in [-0.1, -0.05) is 72.8 Å². The molecule has 0 radical (unpaired) electrons. The van der Waals surface area contributed by atoms with E-state index >= 15 is 0 Å². The second kappa shape index (κ2) is 6.21. The minimum absolute atomic E-state index is 0.615. The summed E-state index contributed by atoms with van der Waals surface area (Å²) in [5.74, 6) is 0. The summed E-state index contributed by atoms with van der Waals surface area (Å²) < 4.78 is 0. The Labute approximate surface area is 121 Å². The highest BCUT2D eigenvalue weighted by Crippen LogP contribution is 2.32. The van der Waals surface area contributed by atoms with E-state index in [1.165, 1.54) is 5.56 Å². The predicted octanol–water partition coefficient (Wildman–Crippen LogP) is 4.66. The zero-order valence-corrected chi connectivity index (χ0v) is 11.8. The van der Waals surface area contributed by atoms with Gasteiger partial charge in [0, 0.05) is 0 Å². The molecule has 2 aromatic rings. The van der Waals surface area contributed by atoms with Crippen molar-refractivity contribution in [3.63, 3.8) is 0 Å². The highest BCUT2D eigenvalue weighted by atomic mass is 14.4. The van der Waals surface area contributed by atoms with Gasteiger partial charge in [-0.25, -0.2) is 0 Å². The monoisotopic (exact) mass is 261 g/mol. The van der Waals surface area contributed by atoms with Gasteiger partial charge in [0.1, 0.15) is 5.41 Å². The number of rotatable bonds is 5. The first-order valence-corrected chi connectivity index (χ1v) is 6.86. The van der Waals surface area contributed by atoms with Crippen LogP contribution in [0.15, 0.2) is 72.8 Å². The molecule has 1 unspecified atom stereocenters. The van der Waals surface area contributed by atoms with Gasteiger partial charge in [0.15, 0.2) is 0 Å². The van der Waals surface area contributed by atoms with Crippen molar-refractivity contribution < 1.29 is 0 Å². The van der Waals surface area contributed by atoms with E-state index in [0.29, 0.717) is 0 Å². The lowest BCUT2D eigenvalue weighted by atomic mass is 9.76. The van der Waals surface area contributed by atoms with Crippen LogP contribution in [-0.4, -0.2) is 0 Å². The molecule has 2 rings (SSSR count). The molecule has 100 valence electrons. The summed E-state index contributed by atoms with van der Waals surface area (Å²) in [7, 11) is 0. The van der Waals surface area contributed by atoms with Crippen molar-refractivity contribution in [2.75, 3.05) is 0 Å². The van der Waals surface area contributed by atoms with E-state index in [0.717, 1.165) is 24.0 Å². The molecule has 0 saturated carbocycles. The fraction of sp³-hybridized carbons (Fsp3) is 0.211. The van der Waals surface area contributed by atoms with Gasteiger partial charge >= 0.3 is 0 Å². The summed E-state index contributed by atoms with van der Waals surface area (Å²) in [4.78, 5) is 0. The van der Waals surface area contributed by atoms with Crippen LogP contribution in [-0.2, 0) is 11.8 Å². The topological polar surface area (TPSA) is 23.8 Å². The van der Waals surface area contributed by atoms with Crippen LogP contribution in [0.2, 0.25) is 0 Å². The zero-order valence-electron chi connectivity index (χ0n) is 11.8.